The average Bonchev–Trinajstić information content (AvgIpc) is 3.27. The Morgan fingerprint density at radius 2 is 0.645 bits per heavy atom. The fraction of sp³-hybridized carbons (Fsp3) is 0.732. The summed E-state index contributed by atoms with van der Waals surface area (Å²) < 4.78 is 16.7. The maximum absolute atomic E-state index is 12.8. The highest BCUT2D eigenvalue weighted by Crippen LogP contribution is 2.14. The van der Waals surface area contributed by atoms with Gasteiger partial charge >= 0.3 is 17.9 Å². The van der Waals surface area contributed by atoms with Crippen LogP contribution in [0.3, 0.4) is 0 Å². The molecule has 0 saturated heterocycles. The lowest BCUT2D eigenvalue weighted by Crippen LogP contribution is -2.30. The summed E-state index contributed by atoms with van der Waals surface area (Å²) >= 11 is 0. The van der Waals surface area contributed by atoms with E-state index in [0.29, 0.717) is 19.3 Å². The number of hydrogen-bond acceptors (Lipinski definition) is 6. The van der Waals surface area contributed by atoms with Crippen LogP contribution in [0.1, 0.15) is 245 Å². The molecule has 0 bridgehead atoms. The summed E-state index contributed by atoms with van der Waals surface area (Å²) in [5.41, 5.74) is 0. The molecule has 0 N–H and O–H groups in total. The first-order chi connectivity index (χ1) is 30.5. The molecule has 0 saturated carbocycles. The monoisotopic (exact) mass is 865 g/mol. The standard InChI is InChI=1S/C56H96O6/c1-4-7-10-13-16-19-22-25-27-28-30-32-35-37-40-43-46-49-55(58)61-52-53(62-56(59)50-47-44-41-38-33-24-21-18-15-12-9-6-3)51-60-54(57)48-45-42-39-36-34-31-29-26-23-20-17-14-11-8-5-2/h7,10,16,19,25-27,29-30,32,37,40,53H,4-6,8-9,11-15,17-18,20-24,28,31,33-36,38-39,41-52H2,1-3H3/b10-7-,19-16-,27-25-,29-26-,32-30-,40-37-/t53-/m0/s1. The summed E-state index contributed by atoms with van der Waals surface area (Å²) in [5, 5.41) is 0. The summed E-state index contributed by atoms with van der Waals surface area (Å²) in [5.74, 6) is -0.961. The molecule has 6 heteroatoms. The van der Waals surface area contributed by atoms with Gasteiger partial charge in [-0.3, -0.25) is 14.4 Å². The zero-order valence-corrected chi connectivity index (χ0v) is 40.6. The number of ether oxygens (including phenoxy) is 3. The smallest absolute Gasteiger partial charge is 0.306 e. The fourth-order valence-corrected chi connectivity index (χ4v) is 7.06. The molecule has 0 rings (SSSR count). The molecule has 356 valence electrons. The van der Waals surface area contributed by atoms with Crippen molar-refractivity contribution in [2.75, 3.05) is 13.2 Å². The van der Waals surface area contributed by atoms with Gasteiger partial charge in [0.1, 0.15) is 13.2 Å². The Labute approximate surface area is 382 Å². The molecule has 1 atom stereocenters. The minimum absolute atomic E-state index is 0.0958. The number of allylic oxidation sites excluding steroid dienone is 12. The molecule has 0 aliphatic carbocycles. The van der Waals surface area contributed by atoms with Gasteiger partial charge in [-0.05, 0) is 83.5 Å². The Morgan fingerprint density at radius 3 is 1.06 bits per heavy atom. The summed E-state index contributed by atoms with van der Waals surface area (Å²) in [4.78, 5) is 37.9. The minimum atomic E-state index is -0.798. The largest absolute Gasteiger partial charge is 0.462 e. The van der Waals surface area contributed by atoms with E-state index in [-0.39, 0.29) is 37.5 Å². The van der Waals surface area contributed by atoms with Gasteiger partial charge < -0.3 is 14.2 Å². The molecule has 0 fully saturated rings. The first-order valence-electron chi connectivity index (χ1n) is 25.9. The zero-order valence-electron chi connectivity index (χ0n) is 40.6. The van der Waals surface area contributed by atoms with E-state index in [1.54, 1.807) is 0 Å². The van der Waals surface area contributed by atoms with E-state index < -0.39 is 6.10 Å². The Hall–Kier alpha value is -3.15. The second kappa shape index (κ2) is 50.5. The predicted octanol–water partition coefficient (Wildman–Crippen LogP) is 17.0. The van der Waals surface area contributed by atoms with Crippen molar-refractivity contribution in [3.05, 3.63) is 72.9 Å². The van der Waals surface area contributed by atoms with Crippen molar-refractivity contribution < 1.29 is 28.6 Å². The summed E-state index contributed by atoms with van der Waals surface area (Å²) in [6.07, 6.45) is 63.2. The van der Waals surface area contributed by atoms with Crippen molar-refractivity contribution in [1.29, 1.82) is 0 Å². The third-order valence-electron chi connectivity index (χ3n) is 10.9. The summed E-state index contributed by atoms with van der Waals surface area (Å²) in [6, 6.07) is 0. The lowest BCUT2D eigenvalue weighted by molar-refractivity contribution is -0.167. The van der Waals surface area contributed by atoms with Crippen LogP contribution in [-0.2, 0) is 28.6 Å². The maximum Gasteiger partial charge on any atom is 0.306 e. The molecule has 6 nitrogen and oxygen atoms in total. The van der Waals surface area contributed by atoms with E-state index in [2.05, 4.69) is 93.7 Å². The van der Waals surface area contributed by atoms with Crippen LogP contribution in [0.5, 0.6) is 0 Å². The molecule has 0 aliphatic rings. The SMILES string of the molecule is CC/C=C\C/C=C\C/C=C\C/C=C\C/C=C\CCCC(=O)OC[C@H](COC(=O)CCCCCCC/C=C\CCCCCCCC)OC(=O)CCCCCCCCCCCCCC. The van der Waals surface area contributed by atoms with Crippen molar-refractivity contribution in [3.8, 4) is 0 Å². The van der Waals surface area contributed by atoms with E-state index in [0.717, 1.165) is 83.5 Å². The van der Waals surface area contributed by atoms with Crippen molar-refractivity contribution in [2.45, 2.75) is 252 Å². The molecule has 62 heavy (non-hydrogen) atoms. The Balaban J connectivity index is 4.46. The van der Waals surface area contributed by atoms with Crippen LogP contribution in [-0.4, -0.2) is 37.2 Å². The molecule has 0 spiro atoms. The van der Waals surface area contributed by atoms with Crippen LogP contribution < -0.4 is 0 Å². The molecule has 0 aromatic rings. The molecular formula is C56H96O6. The summed E-state index contributed by atoms with van der Waals surface area (Å²) in [7, 11) is 0. The predicted molar refractivity (Wildman–Crippen MR) is 265 cm³/mol. The molecule has 0 unspecified atom stereocenters. The highest BCUT2D eigenvalue weighted by atomic mass is 16.6. The van der Waals surface area contributed by atoms with Gasteiger partial charge in [0.2, 0.25) is 0 Å². The highest BCUT2D eigenvalue weighted by Gasteiger charge is 2.19. The molecule has 0 amide bonds. The van der Waals surface area contributed by atoms with Crippen LogP contribution in [0.4, 0.5) is 0 Å². The van der Waals surface area contributed by atoms with Crippen molar-refractivity contribution >= 4 is 17.9 Å². The highest BCUT2D eigenvalue weighted by molar-refractivity contribution is 5.71. The minimum Gasteiger partial charge on any atom is -0.462 e. The lowest BCUT2D eigenvalue weighted by atomic mass is 10.0. The van der Waals surface area contributed by atoms with E-state index in [1.807, 2.05) is 0 Å². The number of unbranched alkanes of at least 4 members (excludes halogenated alkanes) is 23. The van der Waals surface area contributed by atoms with Gasteiger partial charge in [-0.2, -0.15) is 0 Å². The van der Waals surface area contributed by atoms with E-state index in [1.165, 1.54) is 116 Å². The van der Waals surface area contributed by atoms with Crippen molar-refractivity contribution in [3.63, 3.8) is 0 Å². The number of rotatable bonds is 46. The Kier molecular flexibility index (Phi) is 47.9. The van der Waals surface area contributed by atoms with Crippen LogP contribution in [0.25, 0.3) is 0 Å². The zero-order chi connectivity index (χ0) is 45.1. The topological polar surface area (TPSA) is 78.9 Å². The molecule has 0 radical (unpaired) electrons. The van der Waals surface area contributed by atoms with Gasteiger partial charge in [-0.25, -0.2) is 0 Å². The quantitative estimate of drug-likeness (QED) is 0.0262. The third-order valence-corrected chi connectivity index (χ3v) is 10.9. The van der Waals surface area contributed by atoms with Crippen LogP contribution in [0, 0.1) is 0 Å². The van der Waals surface area contributed by atoms with E-state index in [4.69, 9.17) is 14.2 Å². The number of esters is 3. The molecule has 0 heterocycles. The lowest BCUT2D eigenvalue weighted by Gasteiger charge is -2.18. The second-order valence-corrected chi connectivity index (χ2v) is 17.1. The number of hydrogen-bond donors (Lipinski definition) is 0. The van der Waals surface area contributed by atoms with Gasteiger partial charge in [-0.15, -0.1) is 0 Å². The van der Waals surface area contributed by atoms with Crippen LogP contribution >= 0.6 is 0 Å². The Bertz CT molecular complexity index is 1180. The average molecular weight is 865 g/mol. The summed E-state index contributed by atoms with van der Waals surface area (Å²) in [6.45, 7) is 6.46. The van der Waals surface area contributed by atoms with Crippen LogP contribution in [0.2, 0.25) is 0 Å². The molecule has 0 aromatic carbocycles. The fourth-order valence-electron chi connectivity index (χ4n) is 7.06. The number of carbonyl (C=O) groups is 3. The third kappa shape index (κ3) is 47.9. The normalized spacial score (nSPS) is 12.6. The number of carbonyl (C=O) groups excluding carboxylic acids is 3. The van der Waals surface area contributed by atoms with Gasteiger partial charge in [0.15, 0.2) is 6.10 Å². The Morgan fingerprint density at radius 1 is 0.339 bits per heavy atom. The second-order valence-electron chi connectivity index (χ2n) is 17.1. The molecule has 0 aromatic heterocycles. The first-order valence-corrected chi connectivity index (χ1v) is 25.9. The van der Waals surface area contributed by atoms with Gasteiger partial charge in [0.05, 0.1) is 0 Å². The van der Waals surface area contributed by atoms with E-state index >= 15 is 0 Å². The first kappa shape index (κ1) is 58.9. The van der Waals surface area contributed by atoms with Gasteiger partial charge in [0, 0.05) is 19.3 Å². The van der Waals surface area contributed by atoms with Gasteiger partial charge in [0.25, 0.3) is 0 Å². The maximum atomic E-state index is 12.8. The van der Waals surface area contributed by atoms with Crippen LogP contribution in [0.15, 0.2) is 72.9 Å². The van der Waals surface area contributed by atoms with Crippen molar-refractivity contribution in [2.24, 2.45) is 0 Å². The molecular weight excluding hydrogens is 769 g/mol. The van der Waals surface area contributed by atoms with Gasteiger partial charge in [-0.1, -0.05) is 216 Å². The van der Waals surface area contributed by atoms with Crippen molar-refractivity contribution in [1.82, 2.24) is 0 Å². The molecule has 0 aliphatic heterocycles. The van der Waals surface area contributed by atoms with E-state index in [9.17, 15) is 14.4 Å².